The van der Waals surface area contributed by atoms with E-state index in [1.165, 1.54) is 7.11 Å². The van der Waals surface area contributed by atoms with E-state index in [-0.39, 0.29) is 17.9 Å². The third-order valence-electron chi connectivity index (χ3n) is 1.71. The zero-order chi connectivity index (χ0) is 10.7. The van der Waals surface area contributed by atoms with Crippen molar-refractivity contribution in [1.82, 2.24) is 4.98 Å². The molecular formula is C8H9F2IN2O. The van der Waals surface area contributed by atoms with Crippen molar-refractivity contribution < 1.29 is 13.5 Å². The van der Waals surface area contributed by atoms with Gasteiger partial charge in [0.25, 0.3) is 6.43 Å². The van der Waals surface area contributed by atoms with Crippen LogP contribution in [0.3, 0.4) is 0 Å². The smallest absolute Gasteiger partial charge is 0.268 e. The molecule has 0 amide bonds. The number of ether oxygens (including phenoxy) is 1. The predicted molar refractivity (Wildman–Crippen MR) is 56.4 cm³/mol. The molecule has 0 aliphatic heterocycles. The van der Waals surface area contributed by atoms with Gasteiger partial charge < -0.3 is 10.5 Å². The van der Waals surface area contributed by atoms with Crippen molar-refractivity contribution >= 4 is 22.6 Å². The van der Waals surface area contributed by atoms with Gasteiger partial charge in [-0.25, -0.2) is 8.78 Å². The molecule has 0 atom stereocenters. The summed E-state index contributed by atoms with van der Waals surface area (Å²) in [7, 11) is 1.35. The number of hydrogen-bond donors (Lipinski definition) is 1. The number of halogens is 3. The molecule has 1 rings (SSSR count). The Morgan fingerprint density at radius 2 is 2.29 bits per heavy atom. The fourth-order valence-corrected chi connectivity index (χ4v) is 1.92. The van der Waals surface area contributed by atoms with Gasteiger partial charge in [0.15, 0.2) is 0 Å². The van der Waals surface area contributed by atoms with Crippen molar-refractivity contribution in [2.45, 2.75) is 13.0 Å². The monoisotopic (exact) mass is 314 g/mol. The first kappa shape index (κ1) is 11.6. The lowest BCUT2D eigenvalue weighted by Gasteiger charge is -2.11. The van der Waals surface area contributed by atoms with Crippen LogP contribution in [0.2, 0.25) is 0 Å². The summed E-state index contributed by atoms with van der Waals surface area (Å²) < 4.78 is 30.4. The SMILES string of the molecule is COc1c(C(F)F)cnc(CN)c1I. The van der Waals surface area contributed by atoms with Crippen LogP contribution in [0.4, 0.5) is 8.78 Å². The number of aromatic nitrogens is 1. The number of pyridine rings is 1. The van der Waals surface area contributed by atoms with Crippen molar-refractivity contribution in [2.75, 3.05) is 7.11 Å². The molecule has 6 heteroatoms. The van der Waals surface area contributed by atoms with Gasteiger partial charge in [0, 0.05) is 12.7 Å². The summed E-state index contributed by atoms with van der Waals surface area (Å²) in [5.74, 6) is 0.163. The normalized spacial score (nSPS) is 10.7. The molecule has 0 saturated carbocycles. The van der Waals surface area contributed by atoms with Gasteiger partial charge in [-0.05, 0) is 22.6 Å². The van der Waals surface area contributed by atoms with Gasteiger partial charge in [0.05, 0.1) is 21.9 Å². The molecule has 3 nitrogen and oxygen atoms in total. The highest BCUT2D eigenvalue weighted by Crippen LogP contribution is 2.33. The van der Waals surface area contributed by atoms with E-state index in [1.54, 1.807) is 0 Å². The van der Waals surface area contributed by atoms with E-state index in [4.69, 9.17) is 10.5 Å². The van der Waals surface area contributed by atoms with Crippen LogP contribution < -0.4 is 10.5 Å². The van der Waals surface area contributed by atoms with Gasteiger partial charge in [-0.3, -0.25) is 4.98 Å². The van der Waals surface area contributed by atoms with Crippen LogP contribution in [0.5, 0.6) is 5.75 Å². The van der Waals surface area contributed by atoms with Crippen LogP contribution in [-0.2, 0) is 6.54 Å². The Morgan fingerprint density at radius 1 is 1.64 bits per heavy atom. The summed E-state index contributed by atoms with van der Waals surface area (Å²) >= 11 is 1.90. The Kier molecular flexibility index (Phi) is 3.99. The first-order valence-corrected chi connectivity index (χ1v) is 4.89. The topological polar surface area (TPSA) is 48.1 Å². The lowest BCUT2D eigenvalue weighted by molar-refractivity contribution is 0.146. The maximum Gasteiger partial charge on any atom is 0.268 e. The quantitative estimate of drug-likeness (QED) is 0.869. The van der Waals surface area contributed by atoms with Crippen LogP contribution in [0.1, 0.15) is 17.7 Å². The molecule has 0 aliphatic carbocycles. The van der Waals surface area contributed by atoms with E-state index < -0.39 is 6.43 Å². The molecule has 1 aromatic rings. The van der Waals surface area contributed by atoms with Gasteiger partial charge in [-0.1, -0.05) is 0 Å². The summed E-state index contributed by atoms with van der Waals surface area (Å²) in [5.41, 5.74) is 5.75. The number of nitrogens with zero attached hydrogens (tertiary/aromatic N) is 1. The largest absolute Gasteiger partial charge is 0.495 e. The van der Waals surface area contributed by atoms with Crippen molar-refractivity contribution in [3.63, 3.8) is 0 Å². The van der Waals surface area contributed by atoms with Gasteiger partial charge in [-0.15, -0.1) is 0 Å². The minimum atomic E-state index is -2.59. The average Bonchev–Trinajstić information content (AvgIpc) is 2.17. The van der Waals surface area contributed by atoms with Crippen LogP contribution in [0.15, 0.2) is 6.20 Å². The molecule has 2 N–H and O–H groups in total. The highest BCUT2D eigenvalue weighted by Gasteiger charge is 2.19. The van der Waals surface area contributed by atoms with Crippen molar-refractivity contribution in [1.29, 1.82) is 0 Å². The van der Waals surface area contributed by atoms with Gasteiger partial charge in [0.1, 0.15) is 5.75 Å². The zero-order valence-electron chi connectivity index (χ0n) is 7.43. The summed E-state index contributed by atoms with van der Waals surface area (Å²) in [4.78, 5) is 3.83. The summed E-state index contributed by atoms with van der Waals surface area (Å²) in [6.45, 7) is 0.206. The first-order valence-electron chi connectivity index (χ1n) is 3.81. The highest BCUT2D eigenvalue weighted by molar-refractivity contribution is 14.1. The van der Waals surface area contributed by atoms with Crippen LogP contribution in [0, 0.1) is 3.57 Å². The van der Waals surface area contributed by atoms with E-state index in [0.29, 0.717) is 9.26 Å². The molecule has 0 aliphatic rings. The molecule has 0 spiro atoms. The van der Waals surface area contributed by atoms with Gasteiger partial charge in [-0.2, -0.15) is 0 Å². The molecule has 1 aromatic heterocycles. The predicted octanol–water partition coefficient (Wildman–Crippen LogP) is 2.09. The zero-order valence-corrected chi connectivity index (χ0v) is 9.59. The molecule has 0 fully saturated rings. The number of alkyl halides is 2. The van der Waals surface area contributed by atoms with Crippen LogP contribution >= 0.6 is 22.6 Å². The van der Waals surface area contributed by atoms with E-state index >= 15 is 0 Å². The fourth-order valence-electron chi connectivity index (χ4n) is 1.03. The molecule has 0 unspecified atom stereocenters. The maximum atomic E-state index is 12.5. The Bertz CT molecular complexity index is 333. The molecule has 0 radical (unpaired) electrons. The molecule has 14 heavy (non-hydrogen) atoms. The minimum Gasteiger partial charge on any atom is -0.495 e. The Balaban J connectivity index is 3.28. The van der Waals surface area contributed by atoms with Crippen molar-refractivity contribution in [3.8, 4) is 5.75 Å². The number of rotatable bonds is 3. The Hall–Kier alpha value is -0.500. The summed E-state index contributed by atoms with van der Waals surface area (Å²) in [6.07, 6.45) is -1.48. The molecule has 0 saturated heterocycles. The lowest BCUT2D eigenvalue weighted by Crippen LogP contribution is -2.06. The highest BCUT2D eigenvalue weighted by atomic mass is 127. The molecule has 1 heterocycles. The van der Waals surface area contributed by atoms with Gasteiger partial charge in [0.2, 0.25) is 0 Å². The van der Waals surface area contributed by atoms with Gasteiger partial charge >= 0.3 is 0 Å². The number of methoxy groups -OCH3 is 1. The van der Waals surface area contributed by atoms with Crippen molar-refractivity contribution in [2.24, 2.45) is 5.73 Å². The molecule has 0 bridgehead atoms. The number of hydrogen-bond acceptors (Lipinski definition) is 3. The second kappa shape index (κ2) is 4.83. The van der Waals surface area contributed by atoms with Crippen molar-refractivity contribution in [3.05, 3.63) is 21.0 Å². The van der Waals surface area contributed by atoms with Crippen LogP contribution in [0.25, 0.3) is 0 Å². The Labute approximate surface area is 93.8 Å². The Morgan fingerprint density at radius 3 is 2.71 bits per heavy atom. The standard InChI is InChI=1S/C8H9F2IN2O/c1-14-7-4(8(9)10)3-13-5(2-12)6(7)11/h3,8H,2,12H2,1H3. The molecule has 78 valence electrons. The summed E-state index contributed by atoms with van der Waals surface area (Å²) in [6, 6.07) is 0. The fraction of sp³-hybridized carbons (Fsp3) is 0.375. The lowest BCUT2D eigenvalue weighted by atomic mass is 10.2. The van der Waals surface area contributed by atoms with E-state index in [0.717, 1.165) is 6.20 Å². The average molecular weight is 314 g/mol. The molecule has 0 aromatic carbocycles. The van der Waals surface area contributed by atoms with E-state index in [9.17, 15) is 8.78 Å². The van der Waals surface area contributed by atoms with Crippen LogP contribution in [-0.4, -0.2) is 12.1 Å². The third kappa shape index (κ3) is 2.11. The maximum absolute atomic E-state index is 12.5. The van der Waals surface area contributed by atoms with E-state index in [1.807, 2.05) is 22.6 Å². The molecular weight excluding hydrogens is 305 g/mol. The number of nitrogens with two attached hydrogens (primary N) is 1. The minimum absolute atomic E-state index is 0.163. The first-order chi connectivity index (χ1) is 6.61. The van der Waals surface area contributed by atoms with E-state index in [2.05, 4.69) is 4.98 Å². The summed E-state index contributed by atoms with van der Waals surface area (Å²) in [5, 5.41) is 0. The second-order valence-electron chi connectivity index (χ2n) is 2.51. The second-order valence-corrected chi connectivity index (χ2v) is 3.59. The third-order valence-corrected chi connectivity index (χ3v) is 2.82.